The van der Waals surface area contributed by atoms with E-state index in [1.165, 1.54) is 0 Å². The van der Waals surface area contributed by atoms with Crippen LogP contribution in [-0.4, -0.2) is 60.0 Å². The SMILES string of the molecule is COc1cc(OC)c(OC)cc1CN1CCc2nnc([C@H](C)NC(=O)CCc3ccccc3)n2CC1. The molecule has 9 nitrogen and oxygen atoms in total. The number of methoxy groups -OCH3 is 3. The van der Waals surface area contributed by atoms with Crippen molar-refractivity contribution >= 4 is 5.91 Å². The van der Waals surface area contributed by atoms with Gasteiger partial charge in [-0.3, -0.25) is 9.69 Å². The van der Waals surface area contributed by atoms with Crippen molar-refractivity contribution in [2.75, 3.05) is 34.4 Å². The van der Waals surface area contributed by atoms with Gasteiger partial charge in [-0.25, -0.2) is 0 Å². The van der Waals surface area contributed by atoms with E-state index >= 15 is 0 Å². The van der Waals surface area contributed by atoms with E-state index in [1.54, 1.807) is 21.3 Å². The molecular weight excluding hydrogens is 458 g/mol. The number of aromatic nitrogens is 3. The van der Waals surface area contributed by atoms with Gasteiger partial charge in [0.05, 0.1) is 27.4 Å². The molecule has 0 fully saturated rings. The number of nitrogens with zero attached hydrogens (tertiary/aromatic N) is 4. The summed E-state index contributed by atoms with van der Waals surface area (Å²) in [6.07, 6.45) is 1.93. The highest BCUT2D eigenvalue weighted by Crippen LogP contribution is 2.35. The lowest BCUT2D eigenvalue weighted by molar-refractivity contribution is -0.121. The van der Waals surface area contributed by atoms with Gasteiger partial charge in [-0.05, 0) is 25.0 Å². The van der Waals surface area contributed by atoms with E-state index in [1.807, 2.05) is 49.4 Å². The quantitative estimate of drug-likeness (QED) is 0.464. The number of amides is 1. The van der Waals surface area contributed by atoms with Gasteiger partial charge in [0.15, 0.2) is 17.3 Å². The molecule has 2 aromatic carbocycles. The van der Waals surface area contributed by atoms with E-state index < -0.39 is 0 Å². The number of carbonyl (C=O) groups excluding carboxylic acids is 1. The molecule has 0 aliphatic carbocycles. The maximum Gasteiger partial charge on any atom is 0.220 e. The lowest BCUT2D eigenvalue weighted by atomic mass is 10.1. The van der Waals surface area contributed by atoms with Crippen LogP contribution in [0.25, 0.3) is 0 Å². The summed E-state index contributed by atoms with van der Waals surface area (Å²) in [6, 6.07) is 13.7. The molecule has 0 unspecified atom stereocenters. The van der Waals surface area contributed by atoms with Crippen molar-refractivity contribution < 1.29 is 19.0 Å². The van der Waals surface area contributed by atoms with Crippen LogP contribution in [0.3, 0.4) is 0 Å². The summed E-state index contributed by atoms with van der Waals surface area (Å²) < 4.78 is 18.7. The number of aryl methyl sites for hydroxylation is 1. The highest BCUT2D eigenvalue weighted by molar-refractivity contribution is 5.76. The molecule has 36 heavy (non-hydrogen) atoms. The summed E-state index contributed by atoms with van der Waals surface area (Å²) in [5.74, 6) is 3.84. The Balaban J connectivity index is 1.38. The molecule has 9 heteroatoms. The van der Waals surface area contributed by atoms with Crippen molar-refractivity contribution in [1.82, 2.24) is 25.0 Å². The molecule has 1 atom stereocenters. The molecule has 0 saturated heterocycles. The second-order valence-electron chi connectivity index (χ2n) is 8.95. The lowest BCUT2D eigenvalue weighted by Crippen LogP contribution is -2.30. The van der Waals surface area contributed by atoms with Crippen molar-refractivity contribution in [2.24, 2.45) is 0 Å². The topological polar surface area (TPSA) is 90.7 Å². The first kappa shape index (κ1) is 25.5. The van der Waals surface area contributed by atoms with Gasteiger partial charge >= 0.3 is 0 Å². The van der Waals surface area contributed by atoms with Gasteiger partial charge in [0.1, 0.15) is 11.6 Å². The molecule has 1 N–H and O–H groups in total. The summed E-state index contributed by atoms with van der Waals surface area (Å²) in [4.78, 5) is 14.9. The van der Waals surface area contributed by atoms with Crippen molar-refractivity contribution in [2.45, 2.75) is 45.3 Å². The van der Waals surface area contributed by atoms with Crippen molar-refractivity contribution in [3.8, 4) is 17.2 Å². The average Bonchev–Trinajstić information content (AvgIpc) is 3.21. The number of nitrogens with one attached hydrogen (secondary N) is 1. The second-order valence-corrected chi connectivity index (χ2v) is 8.95. The average molecular weight is 494 g/mol. The van der Waals surface area contributed by atoms with Crippen molar-refractivity contribution in [3.05, 3.63) is 65.2 Å². The van der Waals surface area contributed by atoms with Gasteiger partial charge in [0.2, 0.25) is 5.91 Å². The largest absolute Gasteiger partial charge is 0.496 e. The van der Waals surface area contributed by atoms with Crippen LogP contribution < -0.4 is 19.5 Å². The van der Waals surface area contributed by atoms with Gasteiger partial charge in [-0.2, -0.15) is 0 Å². The Morgan fingerprint density at radius 1 is 0.972 bits per heavy atom. The summed E-state index contributed by atoms with van der Waals surface area (Å²) >= 11 is 0. The predicted molar refractivity (Wildman–Crippen MR) is 136 cm³/mol. The second kappa shape index (κ2) is 11.9. The van der Waals surface area contributed by atoms with E-state index in [9.17, 15) is 4.79 Å². The molecule has 0 saturated carbocycles. The lowest BCUT2D eigenvalue weighted by Gasteiger charge is -2.22. The molecular formula is C27H35N5O4. The zero-order valence-electron chi connectivity index (χ0n) is 21.5. The number of rotatable bonds is 10. The molecule has 1 aliphatic heterocycles. The molecule has 0 bridgehead atoms. The molecule has 0 radical (unpaired) electrons. The summed E-state index contributed by atoms with van der Waals surface area (Å²) in [5.41, 5.74) is 2.19. The van der Waals surface area contributed by atoms with Crippen LogP contribution in [0.1, 0.15) is 42.2 Å². The van der Waals surface area contributed by atoms with Crippen LogP contribution in [-0.2, 0) is 30.7 Å². The van der Waals surface area contributed by atoms with E-state index in [0.717, 1.165) is 54.6 Å². The van der Waals surface area contributed by atoms with Gasteiger partial charge in [-0.15, -0.1) is 10.2 Å². The third-order valence-corrected chi connectivity index (χ3v) is 6.58. The first-order valence-electron chi connectivity index (χ1n) is 12.3. The van der Waals surface area contributed by atoms with E-state index in [0.29, 0.717) is 30.9 Å². The highest BCUT2D eigenvalue weighted by Gasteiger charge is 2.24. The van der Waals surface area contributed by atoms with Gasteiger partial charge in [0.25, 0.3) is 0 Å². The van der Waals surface area contributed by atoms with E-state index in [2.05, 4.69) is 25.0 Å². The normalized spacial score (nSPS) is 14.4. The number of hydrogen-bond donors (Lipinski definition) is 1. The van der Waals surface area contributed by atoms with E-state index in [4.69, 9.17) is 14.2 Å². The number of ether oxygens (including phenoxy) is 3. The minimum absolute atomic E-state index is 0.0134. The van der Waals surface area contributed by atoms with Crippen LogP contribution in [0, 0.1) is 0 Å². The van der Waals surface area contributed by atoms with Crippen LogP contribution >= 0.6 is 0 Å². The minimum Gasteiger partial charge on any atom is -0.496 e. The molecule has 4 rings (SSSR count). The minimum atomic E-state index is -0.216. The Hall–Kier alpha value is -3.59. The highest BCUT2D eigenvalue weighted by atomic mass is 16.5. The zero-order valence-corrected chi connectivity index (χ0v) is 21.5. The maximum absolute atomic E-state index is 12.6. The Morgan fingerprint density at radius 2 is 1.69 bits per heavy atom. The summed E-state index contributed by atoms with van der Waals surface area (Å²) in [7, 11) is 4.91. The summed E-state index contributed by atoms with van der Waals surface area (Å²) in [5, 5.41) is 12.0. The maximum atomic E-state index is 12.6. The standard InChI is InChI=1S/C27H35N5O4/c1-19(28-26(33)11-10-20-8-6-5-7-9-20)27-30-29-25-12-13-31(14-15-32(25)27)18-21-16-23(35-3)24(36-4)17-22(21)34-2/h5-9,16-17,19H,10-15,18H2,1-4H3,(H,28,33)/t19-/m0/s1. The first-order valence-corrected chi connectivity index (χ1v) is 12.3. The van der Waals surface area contributed by atoms with Crippen LogP contribution in [0.2, 0.25) is 0 Å². The first-order chi connectivity index (χ1) is 17.5. The van der Waals surface area contributed by atoms with Gasteiger partial charge in [-0.1, -0.05) is 30.3 Å². The number of benzene rings is 2. The molecule has 192 valence electrons. The third kappa shape index (κ3) is 5.96. The molecule has 1 aromatic heterocycles. The molecule has 1 amide bonds. The monoisotopic (exact) mass is 493 g/mol. The number of hydrogen-bond acceptors (Lipinski definition) is 7. The Morgan fingerprint density at radius 3 is 2.42 bits per heavy atom. The fourth-order valence-electron chi connectivity index (χ4n) is 4.61. The summed E-state index contributed by atoms with van der Waals surface area (Å²) in [6.45, 7) is 5.09. The number of fused-ring (bicyclic) bond motifs is 1. The van der Waals surface area contributed by atoms with Crippen molar-refractivity contribution in [3.63, 3.8) is 0 Å². The Labute approximate surface area is 212 Å². The molecule has 3 aromatic rings. The molecule has 2 heterocycles. The van der Waals surface area contributed by atoms with Crippen LogP contribution in [0.4, 0.5) is 0 Å². The zero-order chi connectivity index (χ0) is 25.5. The smallest absolute Gasteiger partial charge is 0.220 e. The van der Waals surface area contributed by atoms with E-state index in [-0.39, 0.29) is 11.9 Å². The fraction of sp³-hybridized carbons (Fsp3) is 0.444. The third-order valence-electron chi connectivity index (χ3n) is 6.58. The van der Waals surface area contributed by atoms with Gasteiger partial charge in [0, 0.05) is 50.7 Å². The number of carbonyl (C=O) groups is 1. The van der Waals surface area contributed by atoms with Crippen molar-refractivity contribution in [1.29, 1.82) is 0 Å². The van der Waals surface area contributed by atoms with Crippen LogP contribution in [0.15, 0.2) is 42.5 Å². The fourth-order valence-corrected chi connectivity index (χ4v) is 4.61. The Kier molecular flexibility index (Phi) is 8.43. The molecule has 1 aliphatic rings. The predicted octanol–water partition coefficient (Wildman–Crippen LogP) is 3.17. The Bertz CT molecular complexity index is 1160. The molecule has 0 spiro atoms. The van der Waals surface area contributed by atoms with Gasteiger partial charge < -0.3 is 24.1 Å². The van der Waals surface area contributed by atoms with Crippen LogP contribution in [0.5, 0.6) is 17.2 Å².